The fourth-order valence-corrected chi connectivity index (χ4v) is 0.740. The minimum absolute atomic E-state index is 0.565. The first-order chi connectivity index (χ1) is 2.84. The lowest BCUT2D eigenvalue weighted by atomic mass is 10.3. The minimum atomic E-state index is 0.565. The number of rotatable bonds is 1. The van der Waals surface area contributed by atoms with Crippen LogP contribution in [-0.4, -0.2) is 6.04 Å². The van der Waals surface area contributed by atoms with Crippen LogP contribution in [-0.2, 0) is 0 Å². The average Bonchev–Trinajstić information content (AvgIpc) is 2.19. The largest absolute Gasteiger partial charge is 0.327 e. The highest BCUT2D eigenvalue weighted by atomic mass is 14.7. The normalized spacial score (nSPS) is 43.0. The van der Waals surface area contributed by atoms with Crippen molar-refractivity contribution in [2.45, 2.75) is 25.8 Å². The molecular weight excluding hydrogens is 74.1 g/mol. The molecule has 36 valence electrons. The van der Waals surface area contributed by atoms with Crippen LogP contribution in [0.25, 0.3) is 0 Å². The van der Waals surface area contributed by atoms with Crippen molar-refractivity contribution >= 4 is 0 Å². The molecule has 0 aromatic rings. The van der Waals surface area contributed by atoms with Crippen molar-refractivity contribution < 1.29 is 0 Å². The summed E-state index contributed by atoms with van der Waals surface area (Å²) in [5.41, 5.74) is 5.48. The Balaban J connectivity index is 2.09. The molecule has 6 heavy (non-hydrogen) atoms. The van der Waals surface area contributed by atoms with Gasteiger partial charge in [0.25, 0.3) is 0 Å². The standard InChI is InChI=1S/C5H11N/c1-2-4-3-5(4)6/h4-5H,2-3,6H2,1H3/t4-,5-/m1/s1. The Kier molecular flexibility index (Phi) is 0.845. The molecule has 1 aliphatic rings. The van der Waals surface area contributed by atoms with Gasteiger partial charge in [0.2, 0.25) is 0 Å². The lowest BCUT2D eigenvalue weighted by molar-refractivity contribution is 0.759. The molecular formula is C5H11N. The predicted molar refractivity (Wildman–Crippen MR) is 26.4 cm³/mol. The Labute approximate surface area is 38.5 Å². The van der Waals surface area contributed by atoms with Gasteiger partial charge >= 0.3 is 0 Å². The van der Waals surface area contributed by atoms with Crippen LogP contribution in [0.5, 0.6) is 0 Å². The molecule has 2 N–H and O–H groups in total. The van der Waals surface area contributed by atoms with Crippen molar-refractivity contribution in [2.24, 2.45) is 11.7 Å². The van der Waals surface area contributed by atoms with Gasteiger partial charge in [-0.3, -0.25) is 0 Å². The third-order valence-corrected chi connectivity index (χ3v) is 1.50. The molecule has 0 unspecified atom stereocenters. The fraction of sp³-hybridized carbons (Fsp3) is 1.00. The van der Waals surface area contributed by atoms with Gasteiger partial charge in [-0.25, -0.2) is 0 Å². The summed E-state index contributed by atoms with van der Waals surface area (Å²) in [5.74, 6) is 0.880. The van der Waals surface area contributed by atoms with E-state index in [1.54, 1.807) is 0 Å². The molecule has 0 radical (unpaired) electrons. The van der Waals surface area contributed by atoms with E-state index in [0.717, 1.165) is 5.92 Å². The van der Waals surface area contributed by atoms with Gasteiger partial charge in [-0.05, 0) is 12.3 Å². The van der Waals surface area contributed by atoms with E-state index in [1.165, 1.54) is 12.8 Å². The summed E-state index contributed by atoms with van der Waals surface area (Å²) >= 11 is 0. The second-order valence-electron chi connectivity index (χ2n) is 2.07. The molecule has 0 spiro atoms. The van der Waals surface area contributed by atoms with E-state index in [9.17, 15) is 0 Å². The van der Waals surface area contributed by atoms with Crippen LogP contribution < -0.4 is 5.73 Å². The van der Waals surface area contributed by atoms with E-state index in [2.05, 4.69) is 6.92 Å². The van der Waals surface area contributed by atoms with Gasteiger partial charge in [0, 0.05) is 6.04 Å². The van der Waals surface area contributed by atoms with Gasteiger partial charge in [0.05, 0.1) is 0 Å². The smallest absolute Gasteiger partial charge is 0.00708 e. The predicted octanol–water partition coefficient (Wildman–Crippen LogP) is 0.744. The Bertz CT molecular complexity index is 49.9. The van der Waals surface area contributed by atoms with Crippen LogP contribution >= 0.6 is 0 Å². The molecule has 1 nitrogen and oxygen atoms in total. The molecule has 1 fully saturated rings. The molecule has 1 heteroatoms. The lowest BCUT2D eigenvalue weighted by Crippen LogP contribution is -2.00. The molecule has 0 heterocycles. The number of hydrogen-bond acceptors (Lipinski definition) is 1. The van der Waals surface area contributed by atoms with Gasteiger partial charge in [-0.1, -0.05) is 13.3 Å². The molecule has 1 rings (SSSR count). The summed E-state index contributed by atoms with van der Waals surface area (Å²) in [7, 11) is 0. The van der Waals surface area contributed by atoms with Crippen molar-refractivity contribution in [1.29, 1.82) is 0 Å². The molecule has 0 amide bonds. The van der Waals surface area contributed by atoms with E-state index >= 15 is 0 Å². The topological polar surface area (TPSA) is 26.0 Å². The van der Waals surface area contributed by atoms with Crippen molar-refractivity contribution in [3.05, 3.63) is 0 Å². The van der Waals surface area contributed by atoms with Gasteiger partial charge < -0.3 is 5.73 Å². The highest BCUT2D eigenvalue weighted by Gasteiger charge is 2.30. The van der Waals surface area contributed by atoms with E-state index in [4.69, 9.17) is 5.73 Å². The van der Waals surface area contributed by atoms with E-state index in [0.29, 0.717) is 6.04 Å². The second-order valence-corrected chi connectivity index (χ2v) is 2.07. The lowest BCUT2D eigenvalue weighted by Gasteiger charge is -1.79. The molecule has 0 saturated heterocycles. The zero-order valence-corrected chi connectivity index (χ0v) is 4.15. The third kappa shape index (κ3) is 0.548. The summed E-state index contributed by atoms with van der Waals surface area (Å²) in [6.45, 7) is 2.19. The zero-order chi connectivity index (χ0) is 4.57. The quantitative estimate of drug-likeness (QED) is 0.499. The first kappa shape index (κ1) is 4.13. The summed E-state index contributed by atoms with van der Waals surface area (Å²) in [6.07, 6.45) is 2.55. The Morgan fingerprint density at radius 1 is 1.83 bits per heavy atom. The minimum Gasteiger partial charge on any atom is -0.327 e. The zero-order valence-electron chi connectivity index (χ0n) is 4.15. The molecule has 0 bridgehead atoms. The van der Waals surface area contributed by atoms with Crippen LogP contribution in [0.2, 0.25) is 0 Å². The molecule has 0 aromatic heterocycles. The van der Waals surface area contributed by atoms with Crippen molar-refractivity contribution in [2.75, 3.05) is 0 Å². The van der Waals surface area contributed by atoms with Gasteiger partial charge in [0.1, 0.15) is 0 Å². The van der Waals surface area contributed by atoms with Crippen molar-refractivity contribution in [1.82, 2.24) is 0 Å². The Morgan fingerprint density at radius 3 is 2.33 bits per heavy atom. The highest BCUT2D eigenvalue weighted by Crippen LogP contribution is 2.30. The second kappa shape index (κ2) is 1.23. The number of hydrogen-bond donors (Lipinski definition) is 1. The monoisotopic (exact) mass is 85.1 g/mol. The van der Waals surface area contributed by atoms with Crippen LogP contribution in [0.1, 0.15) is 19.8 Å². The molecule has 0 aliphatic heterocycles. The van der Waals surface area contributed by atoms with E-state index < -0.39 is 0 Å². The van der Waals surface area contributed by atoms with Crippen LogP contribution in [0.4, 0.5) is 0 Å². The summed E-state index contributed by atoms with van der Waals surface area (Å²) in [4.78, 5) is 0. The summed E-state index contributed by atoms with van der Waals surface area (Å²) < 4.78 is 0. The average molecular weight is 85.2 g/mol. The first-order valence-electron chi connectivity index (χ1n) is 2.60. The van der Waals surface area contributed by atoms with Gasteiger partial charge in [0.15, 0.2) is 0 Å². The highest BCUT2D eigenvalue weighted by molar-refractivity contribution is 4.88. The van der Waals surface area contributed by atoms with E-state index in [-0.39, 0.29) is 0 Å². The fourth-order valence-electron chi connectivity index (χ4n) is 0.740. The maximum absolute atomic E-state index is 5.48. The van der Waals surface area contributed by atoms with Crippen LogP contribution in [0.3, 0.4) is 0 Å². The Hall–Kier alpha value is -0.0400. The molecule has 1 saturated carbocycles. The number of nitrogens with two attached hydrogens (primary N) is 1. The van der Waals surface area contributed by atoms with Crippen LogP contribution in [0, 0.1) is 5.92 Å². The van der Waals surface area contributed by atoms with Crippen molar-refractivity contribution in [3.63, 3.8) is 0 Å². The Morgan fingerprint density at radius 2 is 2.33 bits per heavy atom. The summed E-state index contributed by atoms with van der Waals surface area (Å²) in [6, 6.07) is 0.565. The summed E-state index contributed by atoms with van der Waals surface area (Å²) in [5, 5.41) is 0. The van der Waals surface area contributed by atoms with E-state index in [1.807, 2.05) is 0 Å². The third-order valence-electron chi connectivity index (χ3n) is 1.50. The molecule has 1 aliphatic carbocycles. The molecule has 2 atom stereocenters. The first-order valence-corrected chi connectivity index (χ1v) is 2.60. The maximum Gasteiger partial charge on any atom is 0.00708 e. The van der Waals surface area contributed by atoms with Gasteiger partial charge in [-0.2, -0.15) is 0 Å². The SMILES string of the molecule is CC[C@@H]1C[C@H]1N. The van der Waals surface area contributed by atoms with Gasteiger partial charge in [-0.15, -0.1) is 0 Å². The molecule has 0 aromatic carbocycles. The maximum atomic E-state index is 5.48. The van der Waals surface area contributed by atoms with Crippen molar-refractivity contribution in [3.8, 4) is 0 Å². The van der Waals surface area contributed by atoms with Crippen LogP contribution in [0.15, 0.2) is 0 Å².